The molecule has 0 saturated heterocycles. The summed E-state index contributed by atoms with van der Waals surface area (Å²) < 4.78 is 7.67. The SMILES string of the molecule is CCCCCNc1nc(N)nc2ccn(Cc3cc(-c4nn[nH]n4)ccc3OC)c12. The number of methoxy groups -OCH3 is 1. The van der Waals surface area contributed by atoms with Gasteiger partial charge in [-0.3, -0.25) is 0 Å². The van der Waals surface area contributed by atoms with Gasteiger partial charge in [0.15, 0.2) is 5.82 Å². The minimum absolute atomic E-state index is 0.259. The molecule has 0 saturated carbocycles. The van der Waals surface area contributed by atoms with Crippen LogP contribution in [0.3, 0.4) is 0 Å². The summed E-state index contributed by atoms with van der Waals surface area (Å²) in [4.78, 5) is 8.83. The van der Waals surface area contributed by atoms with Crippen LogP contribution in [0.25, 0.3) is 22.4 Å². The zero-order valence-electron chi connectivity index (χ0n) is 17.1. The predicted octanol–water partition coefficient (Wildman–Crippen LogP) is 2.85. The fraction of sp³-hybridized carbons (Fsp3) is 0.350. The Morgan fingerprint density at radius 1 is 1.20 bits per heavy atom. The van der Waals surface area contributed by atoms with Crippen LogP contribution in [0.5, 0.6) is 5.75 Å². The number of aromatic nitrogens is 7. The van der Waals surface area contributed by atoms with Crippen molar-refractivity contribution >= 4 is 22.8 Å². The molecule has 0 spiro atoms. The van der Waals surface area contributed by atoms with Gasteiger partial charge in [0.25, 0.3) is 0 Å². The van der Waals surface area contributed by atoms with Crippen molar-refractivity contribution in [2.45, 2.75) is 32.7 Å². The van der Waals surface area contributed by atoms with Crippen molar-refractivity contribution in [3.05, 3.63) is 36.0 Å². The number of nitrogens with two attached hydrogens (primary N) is 1. The Kier molecular flexibility index (Phi) is 5.73. The van der Waals surface area contributed by atoms with Gasteiger partial charge < -0.3 is 20.4 Å². The molecule has 0 radical (unpaired) electrons. The number of nitrogen functional groups attached to an aromatic ring is 1. The number of benzene rings is 1. The van der Waals surface area contributed by atoms with Gasteiger partial charge in [-0.2, -0.15) is 10.2 Å². The summed E-state index contributed by atoms with van der Waals surface area (Å²) in [5, 5.41) is 17.7. The molecule has 0 aliphatic carbocycles. The number of nitrogens with one attached hydrogen (secondary N) is 2. The summed E-state index contributed by atoms with van der Waals surface area (Å²) in [6.07, 6.45) is 5.38. The maximum atomic E-state index is 5.92. The molecule has 1 aromatic carbocycles. The molecule has 4 N–H and O–H groups in total. The average molecular weight is 407 g/mol. The largest absolute Gasteiger partial charge is 0.496 e. The third-order valence-electron chi connectivity index (χ3n) is 4.93. The lowest BCUT2D eigenvalue weighted by atomic mass is 10.1. The Hall–Kier alpha value is -3.69. The average Bonchev–Trinajstić information content (AvgIpc) is 3.42. The molecule has 0 amide bonds. The van der Waals surface area contributed by atoms with Crippen LogP contribution in [0.4, 0.5) is 11.8 Å². The first kappa shape index (κ1) is 19.6. The molecule has 10 nitrogen and oxygen atoms in total. The molecule has 0 aliphatic rings. The number of aromatic amines is 1. The second kappa shape index (κ2) is 8.76. The zero-order chi connectivity index (χ0) is 20.9. The van der Waals surface area contributed by atoms with E-state index in [9.17, 15) is 0 Å². The van der Waals surface area contributed by atoms with Crippen LogP contribution in [0.2, 0.25) is 0 Å². The summed E-state index contributed by atoms with van der Waals surface area (Å²) in [7, 11) is 1.66. The van der Waals surface area contributed by atoms with E-state index in [2.05, 4.69) is 47.4 Å². The van der Waals surface area contributed by atoms with Crippen LogP contribution >= 0.6 is 0 Å². The van der Waals surface area contributed by atoms with E-state index in [0.29, 0.717) is 12.4 Å². The Morgan fingerprint density at radius 2 is 2.10 bits per heavy atom. The van der Waals surface area contributed by atoms with Crippen molar-refractivity contribution in [2.75, 3.05) is 24.7 Å². The number of ether oxygens (including phenoxy) is 1. The molecule has 4 rings (SSSR count). The zero-order valence-corrected chi connectivity index (χ0v) is 17.1. The molecule has 0 unspecified atom stereocenters. The van der Waals surface area contributed by atoms with Crippen LogP contribution < -0.4 is 15.8 Å². The van der Waals surface area contributed by atoms with E-state index in [0.717, 1.165) is 59.5 Å². The molecule has 0 atom stereocenters. The van der Waals surface area contributed by atoms with Crippen LogP contribution in [0.1, 0.15) is 31.7 Å². The smallest absolute Gasteiger partial charge is 0.222 e. The number of unbranched alkanes of at least 4 members (excludes halogenated alkanes) is 2. The molecule has 0 aliphatic heterocycles. The summed E-state index contributed by atoms with van der Waals surface area (Å²) in [5.41, 5.74) is 9.47. The van der Waals surface area contributed by atoms with Gasteiger partial charge in [0, 0.05) is 23.9 Å². The Morgan fingerprint density at radius 3 is 2.87 bits per heavy atom. The topological polar surface area (TPSA) is 132 Å². The van der Waals surface area contributed by atoms with Crippen molar-refractivity contribution in [3.63, 3.8) is 0 Å². The maximum Gasteiger partial charge on any atom is 0.222 e. The second-order valence-corrected chi connectivity index (χ2v) is 7.00. The number of nitrogens with zero attached hydrogens (tertiary/aromatic N) is 6. The van der Waals surface area contributed by atoms with Crippen molar-refractivity contribution in [3.8, 4) is 17.1 Å². The first-order chi connectivity index (χ1) is 14.7. The highest BCUT2D eigenvalue weighted by molar-refractivity contribution is 5.87. The number of anilines is 2. The fourth-order valence-corrected chi connectivity index (χ4v) is 3.47. The molecule has 0 bridgehead atoms. The van der Waals surface area contributed by atoms with E-state index in [1.165, 1.54) is 0 Å². The predicted molar refractivity (Wildman–Crippen MR) is 115 cm³/mol. The van der Waals surface area contributed by atoms with Crippen molar-refractivity contribution in [2.24, 2.45) is 0 Å². The van der Waals surface area contributed by atoms with E-state index in [-0.39, 0.29) is 5.95 Å². The van der Waals surface area contributed by atoms with Gasteiger partial charge in [0.1, 0.15) is 11.3 Å². The molecule has 4 aromatic rings. The van der Waals surface area contributed by atoms with Gasteiger partial charge in [-0.1, -0.05) is 19.8 Å². The number of tetrazole rings is 1. The van der Waals surface area contributed by atoms with Crippen LogP contribution in [-0.4, -0.2) is 48.8 Å². The Balaban J connectivity index is 1.69. The molecule has 10 heteroatoms. The molecule has 0 fully saturated rings. The minimum Gasteiger partial charge on any atom is -0.496 e. The van der Waals surface area contributed by atoms with Gasteiger partial charge >= 0.3 is 0 Å². The quantitative estimate of drug-likeness (QED) is 0.361. The summed E-state index contributed by atoms with van der Waals surface area (Å²) in [6, 6.07) is 7.76. The lowest BCUT2D eigenvalue weighted by molar-refractivity contribution is 0.408. The van der Waals surface area contributed by atoms with Crippen LogP contribution in [-0.2, 0) is 6.54 Å². The minimum atomic E-state index is 0.259. The molecular formula is C20H25N9O. The third-order valence-corrected chi connectivity index (χ3v) is 4.93. The van der Waals surface area contributed by atoms with Crippen LogP contribution in [0, 0.1) is 0 Å². The molecular weight excluding hydrogens is 382 g/mol. The Labute approximate surface area is 173 Å². The van der Waals surface area contributed by atoms with E-state index in [1.807, 2.05) is 30.5 Å². The van der Waals surface area contributed by atoms with Crippen molar-refractivity contribution in [1.29, 1.82) is 0 Å². The molecule has 30 heavy (non-hydrogen) atoms. The van der Waals surface area contributed by atoms with Crippen molar-refractivity contribution in [1.82, 2.24) is 35.2 Å². The van der Waals surface area contributed by atoms with Crippen molar-refractivity contribution < 1.29 is 4.74 Å². The van der Waals surface area contributed by atoms with Gasteiger partial charge in [0.2, 0.25) is 11.8 Å². The third kappa shape index (κ3) is 4.02. The number of fused-ring (bicyclic) bond motifs is 1. The fourth-order valence-electron chi connectivity index (χ4n) is 3.47. The molecule has 156 valence electrons. The first-order valence-electron chi connectivity index (χ1n) is 9.96. The monoisotopic (exact) mass is 407 g/mol. The highest BCUT2D eigenvalue weighted by atomic mass is 16.5. The lowest BCUT2D eigenvalue weighted by Crippen LogP contribution is -2.09. The first-order valence-corrected chi connectivity index (χ1v) is 9.96. The lowest BCUT2D eigenvalue weighted by Gasteiger charge is -2.14. The maximum absolute atomic E-state index is 5.92. The summed E-state index contributed by atoms with van der Waals surface area (Å²) >= 11 is 0. The van der Waals surface area contributed by atoms with Gasteiger partial charge in [-0.15, -0.1) is 10.2 Å². The van der Waals surface area contributed by atoms with Gasteiger partial charge in [-0.05, 0) is 35.9 Å². The van der Waals surface area contributed by atoms with Gasteiger partial charge in [0.05, 0.1) is 19.2 Å². The number of H-pyrrole nitrogens is 1. The molecule has 3 heterocycles. The molecule has 3 aromatic heterocycles. The van der Waals surface area contributed by atoms with Gasteiger partial charge in [-0.25, -0.2) is 4.98 Å². The highest BCUT2D eigenvalue weighted by Crippen LogP contribution is 2.28. The second-order valence-electron chi connectivity index (χ2n) is 7.00. The number of hydrogen-bond donors (Lipinski definition) is 3. The normalized spacial score (nSPS) is 11.1. The van der Waals surface area contributed by atoms with E-state index in [1.54, 1.807) is 7.11 Å². The van der Waals surface area contributed by atoms with E-state index in [4.69, 9.17) is 10.5 Å². The number of hydrogen-bond acceptors (Lipinski definition) is 8. The summed E-state index contributed by atoms with van der Waals surface area (Å²) in [6.45, 7) is 3.58. The highest BCUT2D eigenvalue weighted by Gasteiger charge is 2.14. The van der Waals surface area contributed by atoms with Crippen LogP contribution in [0.15, 0.2) is 30.5 Å². The van der Waals surface area contributed by atoms with E-state index < -0.39 is 0 Å². The van der Waals surface area contributed by atoms with E-state index >= 15 is 0 Å². The Bertz CT molecular complexity index is 1120. The summed E-state index contributed by atoms with van der Waals surface area (Å²) in [5.74, 6) is 2.31. The standard InChI is InChI=1S/C20H25N9O/c1-3-4-5-9-22-19-17-15(23-20(21)24-19)8-10-29(17)12-14-11-13(6-7-16(14)30-2)18-25-27-28-26-18/h6-8,10-11H,3-5,9,12H2,1-2H3,(H3,21,22,23,24)(H,25,26,27,28). The number of rotatable bonds is 9.